The molecule has 0 aliphatic rings. The van der Waals surface area contributed by atoms with Gasteiger partial charge in [-0.25, -0.2) is 8.42 Å². The van der Waals surface area contributed by atoms with Crippen LogP contribution >= 0.6 is 0 Å². The SMILES string of the molecule is COc1ccccc1N(CC(N)=O)S(=O)(=O)c1ccc(NC(C)=O)cc1. The van der Waals surface area contributed by atoms with Crippen LogP contribution in [0.25, 0.3) is 0 Å². The summed E-state index contributed by atoms with van der Waals surface area (Å²) in [7, 11) is -2.69. The number of benzene rings is 2. The minimum absolute atomic E-state index is 0.0567. The third-order valence-corrected chi connectivity index (χ3v) is 5.19. The third kappa shape index (κ3) is 4.31. The van der Waals surface area contributed by atoms with Crippen LogP contribution in [-0.2, 0) is 19.6 Å². The van der Waals surface area contributed by atoms with Crippen LogP contribution in [0, 0.1) is 0 Å². The highest BCUT2D eigenvalue weighted by Gasteiger charge is 2.28. The van der Waals surface area contributed by atoms with Crippen molar-refractivity contribution in [2.75, 3.05) is 23.3 Å². The molecule has 0 saturated heterocycles. The molecule has 0 spiro atoms. The molecule has 0 heterocycles. The maximum absolute atomic E-state index is 13.0. The molecule has 0 atom stereocenters. The predicted octanol–water partition coefficient (Wildman–Crippen LogP) is 1.33. The fourth-order valence-corrected chi connectivity index (χ4v) is 3.76. The Kier molecular flexibility index (Phi) is 5.83. The Hall–Kier alpha value is -3.07. The number of carbonyl (C=O) groups is 2. The molecule has 8 nitrogen and oxygen atoms in total. The van der Waals surface area contributed by atoms with Gasteiger partial charge in [0.25, 0.3) is 10.0 Å². The summed E-state index contributed by atoms with van der Waals surface area (Å²) in [5, 5.41) is 2.55. The lowest BCUT2D eigenvalue weighted by atomic mass is 10.3. The maximum atomic E-state index is 13.0. The van der Waals surface area contributed by atoms with Crippen LogP contribution in [0.1, 0.15) is 6.92 Å². The lowest BCUT2D eigenvalue weighted by Crippen LogP contribution is -2.38. The van der Waals surface area contributed by atoms with Crippen LogP contribution in [0.2, 0.25) is 0 Å². The Morgan fingerprint density at radius 2 is 1.73 bits per heavy atom. The zero-order chi connectivity index (χ0) is 19.3. The molecule has 0 radical (unpaired) electrons. The summed E-state index contributed by atoms with van der Waals surface area (Å²) in [6.45, 7) is 0.803. The van der Waals surface area contributed by atoms with Crippen molar-refractivity contribution in [1.82, 2.24) is 0 Å². The van der Waals surface area contributed by atoms with Crippen LogP contribution < -0.4 is 20.1 Å². The van der Waals surface area contributed by atoms with Gasteiger partial charge in [0.05, 0.1) is 17.7 Å². The molecule has 0 bridgehead atoms. The number of nitrogens with zero attached hydrogens (tertiary/aromatic N) is 1. The molecule has 3 N–H and O–H groups in total. The van der Waals surface area contributed by atoms with Gasteiger partial charge in [-0.3, -0.25) is 13.9 Å². The van der Waals surface area contributed by atoms with E-state index in [1.54, 1.807) is 18.2 Å². The van der Waals surface area contributed by atoms with Crippen molar-refractivity contribution < 1.29 is 22.7 Å². The van der Waals surface area contributed by atoms with Crippen LogP contribution in [0.5, 0.6) is 5.75 Å². The Bertz CT molecular complexity index is 910. The molecule has 0 saturated carbocycles. The van der Waals surface area contributed by atoms with Crippen LogP contribution in [0.3, 0.4) is 0 Å². The van der Waals surface area contributed by atoms with Crippen molar-refractivity contribution in [2.45, 2.75) is 11.8 Å². The monoisotopic (exact) mass is 377 g/mol. The van der Waals surface area contributed by atoms with Crippen LogP contribution in [0.15, 0.2) is 53.4 Å². The zero-order valence-electron chi connectivity index (χ0n) is 14.3. The molecule has 0 fully saturated rings. The number of rotatable bonds is 7. The number of anilines is 2. The van der Waals surface area contributed by atoms with Crippen LogP contribution in [0.4, 0.5) is 11.4 Å². The van der Waals surface area contributed by atoms with Gasteiger partial charge in [-0.15, -0.1) is 0 Å². The predicted molar refractivity (Wildman–Crippen MR) is 97.5 cm³/mol. The van der Waals surface area contributed by atoms with Crippen molar-refractivity contribution in [3.63, 3.8) is 0 Å². The number of primary amides is 1. The topological polar surface area (TPSA) is 119 Å². The minimum atomic E-state index is -4.09. The number of ether oxygens (including phenoxy) is 1. The second kappa shape index (κ2) is 7.87. The summed E-state index contributed by atoms with van der Waals surface area (Å²) in [4.78, 5) is 22.5. The first kappa shape index (κ1) is 19.3. The van der Waals surface area contributed by atoms with E-state index in [9.17, 15) is 18.0 Å². The summed E-state index contributed by atoms with van der Waals surface area (Å²) in [5.74, 6) is -0.800. The molecule has 0 unspecified atom stereocenters. The highest BCUT2D eigenvalue weighted by molar-refractivity contribution is 7.92. The first-order chi connectivity index (χ1) is 12.3. The van der Waals surface area contributed by atoms with Gasteiger partial charge >= 0.3 is 0 Å². The molecule has 26 heavy (non-hydrogen) atoms. The molecule has 2 rings (SSSR count). The molecule has 2 aromatic carbocycles. The van der Waals surface area contributed by atoms with Gasteiger partial charge in [0.1, 0.15) is 12.3 Å². The molecule has 0 aromatic heterocycles. The average molecular weight is 377 g/mol. The average Bonchev–Trinajstić information content (AvgIpc) is 2.59. The summed E-state index contributed by atoms with van der Waals surface area (Å²) in [6, 6.07) is 12.0. The van der Waals surface area contributed by atoms with Crippen molar-refractivity contribution in [3.05, 3.63) is 48.5 Å². The summed E-state index contributed by atoms with van der Waals surface area (Å²) in [6.07, 6.45) is 0. The Morgan fingerprint density at radius 1 is 1.12 bits per heavy atom. The van der Waals surface area contributed by atoms with Crippen molar-refractivity contribution in [3.8, 4) is 5.75 Å². The van der Waals surface area contributed by atoms with Crippen molar-refractivity contribution in [1.29, 1.82) is 0 Å². The van der Waals surface area contributed by atoms with Gasteiger partial charge in [-0.1, -0.05) is 12.1 Å². The highest BCUT2D eigenvalue weighted by atomic mass is 32.2. The third-order valence-electron chi connectivity index (χ3n) is 3.42. The molecule has 0 aliphatic carbocycles. The first-order valence-corrected chi connectivity index (χ1v) is 9.01. The summed E-state index contributed by atoms with van der Waals surface area (Å²) < 4.78 is 32.2. The Labute approximate surface area is 151 Å². The molecule has 9 heteroatoms. The van der Waals surface area contributed by atoms with Crippen molar-refractivity contribution in [2.24, 2.45) is 5.73 Å². The number of hydrogen-bond donors (Lipinski definition) is 2. The van der Waals surface area contributed by atoms with Gasteiger partial charge in [0.15, 0.2) is 0 Å². The number of methoxy groups -OCH3 is 1. The van der Waals surface area contributed by atoms with E-state index in [2.05, 4.69) is 5.32 Å². The smallest absolute Gasteiger partial charge is 0.264 e. The van der Waals surface area contributed by atoms with Crippen molar-refractivity contribution >= 4 is 33.2 Å². The fourth-order valence-electron chi connectivity index (χ4n) is 2.32. The molecular formula is C17H19N3O5S. The number of carbonyl (C=O) groups excluding carboxylic acids is 2. The first-order valence-electron chi connectivity index (χ1n) is 7.57. The minimum Gasteiger partial charge on any atom is -0.495 e. The standard InChI is InChI=1S/C17H19N3O5S/c1-12(21)19-13-7-9-14(10-8-13)26(23,24)20(11-17(18)22)15-5-3-4-6-16(15)25-2/h3-10H,11H2,1-2H3,(H2,18,22)(H,19,21). The van der Waals surface area contributed by atoms with E-state index in [0.717, 1.165) is 4.31 Å². The van der Waals surface area contributed by atoms with Gasteiger partial charge < -0.3 is 15.8 Å². The molecule has 2 amide bonds. The second-order valence-electron chi connectivity index (χ2n) is 5.36. The summed E-state index contributed by atoms with van der Waals surface area (Å²) in [5.41, 5.74) is 5.89. The maximum Gasteiger partial charge on any atom is 0.264 e. The highest BCUT2D eigenvalue weighted by Crippen LogP contribution is 2.32. The number of hydrogen-bond acceptors (Lipinski definition) is 5. The lowest BCUT2D eigenvalue weighted by molar-refractivity contribution is -0.116. The normalized spacial score (nSPS) is 10.8. The number of para-hydroxylation sites is 2. The number of nitrogens with two attached hydrogens (primary N) is 1. The summed E-state index contributed by atoms with van der Waals surface area (Å²) >= 11 is 0. The van der Waals surface area contributed by atoms with Gasteiger partial charge in [-0.2, -0.15) is 0 Å². The quantitative estimate of drug-likeness (QED) is 0.755. The van der Waals surface area contributed by atoms with E-state index in [4.69, 9.17) is 10.5 Å². The van der Waals surface area contributed by atoms with Gasteiger partial charge in [0.2, 0.25) is 11.8 Å². The molecular weight excluding hydrogens is 358 g/mol. The second-order valence-corrected chi connectivity index (χ2v) is 7.22. The molecule has 138 valence electrons. The van der Waals surface area contributed by atoms with E-state index in [-0.39, 0.29) is 22.2 Å². The largest absolute Gasteiger partial charge is 0.495 e. The van der Waals surface area contributed by atoms with E-state index in [1.165, 1.54) is 44.4 Å². The number of amides is 2. The Morgan fingerprint density at radius 3 is 2.27 bits per heavy atom. The van der Waals surface area contributed by atoms with Crippen LogP contribution in [-0.4, -0.2) is 33.9 Å². The van der Waals surface area contributed by atoms with E-state index in [0.29, 0.717) is 5.69 Å². The number of sulfonamides is 1. The lowest BCUT2D eigenvalue weighted by Gasteiger charge is -2.24. The zero-order valence-corrected chi connectivity index (χ0v) is 15.1. The Balaban J connectivity index is 2.49. The van der Waals surface area contributed by atoms with Gasteiger partial charge in [-0.05, 0) is 36.4 Å². The molecule has 0 aliphatic heterocycles. The van der Waals surface area contributed by atoms with E-state index >= 15 is 0 Å². The van der Waals surface area contributed by atoms with E-state index < -0.39 is 22.5 Å². The fraction of sp³-hybridized carbons (Fsp3) is 0.176. The van der Waals surface area contributed by atoms with Gasteiger partial charge in [0, 0.05) is 12.6 Å². The number of nitrogens with one attached hydrogen (secondary N) is 1. The molecule has 2 aromatic rings. The van der Waals surface area contributed by atoms with E-state index in [1.807, 2.05) is 0 Å².